The molecule has 4 nitrogen and oxygen atoms in total. The van der Waals surface area contributed by atoms with Crippen LogP contribution in [0, 0.1) is 5.92 Å². The number of nitrogens with one attached hydrogen (secondary N) is 1. The first-order valence-corrected chi connectivity index (χ1v) is 4.84. The summed E-state index contributed by atoms with van der Waals surface area (Å²) in [5.41, 5.74) is 4.30. The van der Waals surface area contributed by atoms with Crippen LogP contribution in [-0.2, 0) is 4.79 Å². The number of carbonyl (C=O) groups excluding carboxylic acids is 2. The molecule has 1 aliphatic rings. The third-order valence-corrected chi connectivity index (χ3v) is 2.49. The van der Waals surface area contributed by atoms with Crippen molar-refractivity contribution in [2.75, 3.05) is 11.6 Å². The number of anilines is 1. The van der Waals surface area contributed by atoms with Crippen LogP contribution in [0.3, 0.4) is 0 Å². The first-order valence-electron chi connectivity index (χ1n) is 4.84. The molecule has 2 rings (SSSR count). The summed E-state index contributed by atoms with van der Waals surface area (Å²) in [6, 6.07) is 7.11. The van der Waals surface area contributed by atoms with E-state index in [0.717, 1.165) is 12.0 Å². The number of hydrazine groups is 1. The van der Waals surface area contributed by atoms with Crippen molar-refractivity contribution >= 4 is 17.9 Å². The van der Waals surface area contributed by atoms with Gasteiger partial charge in [-0.05, 0) is 24.3 Å². The van der Waals surface area contributed by atoms with E-state index in [4.69, 9.17) is 0 Å². The lowest BCUT2D eigenvalue weighted by Gasteiger charge is -2.17. The predicted molar refractivity (Wildman–Crippen MR) is 56.5 cm³/mol. The smallest absolute Gasteiger partial charge is 0.243 e. The molecule has 1 atom stereocenters. The van der Waals surface area contributed by atoms with Crippen LogP contribution < -0.4 is 10.4 Å². The van der Waals surface area contributed by atoms with Crippen LogP contribution in [0.4, 0.5) is 5.69 Å². The second kappa shape index (κ2) is 3.73. The molecule has 4 heteroatoms. The minimum atomic E-state index is 0.00995. The highest BCUT2D eigenvalue weighted by molar-refractivity contribution is 5.84. The van der Waals surface area contributed by atoms with Crippen molar-refractivity contribution < 1.29 is 9.59 Å². The molecule has 1 unspecified atom stereocenters. The average molecular weight is 204 g/mol. The Bertz CT molecular complexity index is 386. The van der Waals surface area contributed by atoms with Crippen LogP contribution in [0.1, 0.15) is 17.3 Å². The molecular formula is C11H12N2O2. The van der Waals surface area contributed by atoms with Crippen molar-refractivity contribution in [3.8, 4) is 0 Å². The maximum Gasteiger partial charge on any atom is 0.243 e. The summed E-state index contributed by atoms with van der Waals surface area (Å²) in [6.45, 7) is 2.55. The maximum atomic E-state index is 11.3. The third-order valence-electron chi connectivity index (χ3n) is 2.49. The van der Waals surface area contributed by atoms with E-state index in [1.54, 1.807) is 17.1 Å². The number of aldehydes is 1. The summed E-state index contributed by atoms with van der Waals surface area (Å²) in [5.74, 6) is 0.0465. The Hall–Kier alpha value is -1.84. The van der Waals surface area contributed by atoms with E-state index < -0.39 is 0 Å². The monoisotopic (exact) mass is 204 g/mol. The predicted octanol–water partition coefficient (Wildman–Crippen LogP) is 0.986. The molecule has 0 saturated carbocycles. The number of amides is 1. The fourth-order valence-electron chi connectivity index (χ4n) is 1.55. The molecule has 1 aromatic rings. The van der Waals surface area contributed by atoms with Crippen molar-refractivity contribution in [1.29, 1.82) is 0 Å². The largest absolute Gasteiger partial charge is 0.298 e. The second-order valence-electron chi connectivity index (χ2n) is 3.70. The van der Waals surface area contributed by atoms with Gasteiger partial charge in [-0.15, -0.1) is 0 Å². The van der Waals surface area contributed by atoms with E-state index in [-0.39, 0.29) is 11.8 Å². The van der Waals surface area contributed by atoms with Gasteiger partial charge in [0.2, 0.25) is 5.91 Å². The van der Waals surface area contributed by atoms with Crippen molar-refractivity contribution in [2.24, 2.45) is 5.92 Å². The van der Waals surface area contributed by atoms with Crippen LogP contribution in [0.15, 0.2) is 24.3 Å². The van der Waals surface area contributed by atoms with Gasteiger partial charge in [0, 0.05) is 5.56 Å². The number of rotatable bonds is 2. The summed E-state index contributed by atoms with van der Waals surface area (Å²) in [7, 11) is 0. The highest BCUT2D eigenvalue weighted by atomic mass is 16.2. The van der Waals surface area contributed by atoms with Gasteiger partial charge in [0.1, 0.15) is 6.29 Å². The fourth-order valence-corrected chi connectivity index (χ4v) is 1.55. The Morgan fingerprint density at radius 3 is 2.53 bits per heavy atom. The normalized spacial score (nSPS) is 20.2. The summed E-state index contributed by atoms with van der Waals surface area (Å²) in [4.78, 5) is 21.7. The first kappa shape index (κ1) is 9.71. The van der Waals surface area contributed by atoms with Crippen molar-refractivity contribution in [1.82, 2.24) is 5.43 Å². The topological polar surface area (TPSA) is 49.4 Å². The molecule has 0 bridgehead atoms. The lowest BCUT2D eigenvalue weighted by atomic mass is 10.2. The zero-order chi connectivity index (χ0) is 10.8. The zero-order valence-corrected chi connectivity index (χ0v) is 8.43. The van der Waals surface area contributed by atoms with Crippen molar-refractivity contribution in [2.45, 2.75) is 6.92 Å². The summed E-state index contributed by atoms with van der Waals surface area (Å²) >= 11 is 0. The Balaban J connectivity index is 2.17. The van der Waals surface area contributed by atoms with Gasteiger partial charge in [0.05, 0.1) is 18.2 Å². The molecular weight excluding hydrogens is 192 g/mol. The molecule has 1 aliphatic heterocycles. The van der Waals surface area contributed by atoms with Crippen LogP contribution in [-0.4, -0.2) is 18.7 Å². The molecule has 1 amide bonds. The standard InChI is InChI=1S/C11H12N2O2/c1-8-6-13(12-11(8)15)10-4-2-9(7-14)3-5-10/h2-5,7-8H,6H2,1H3,(H,12,15). The van der Waals surface area contributed by atoms with E-state index >= 15 is 0 Å². The van der Waals surface area contributed by atoms with E-state index in [0.29, 0.717) is 12.1 Å². The number of hydrogen-bond acceptors (Lipinski definition) is 3. The summed E-state index contributed by atoms with van der Waals surface area (Å²) in [5, 5.41) is 1.79. The zero-order valence-electron chi connectivity index (χ0n) is 8.43. The van der Waals surface area contributed by atoms with Crippen LogP contribution >= 0.6 is 0 Å². The molecule has 1 heterocycles. The molecule has 1 aromatic carbocycles. The fraction of sp³-hybridized carbons (Fsp3) is 0.273. The molecule has 0 radical (unpaired) electrons. The van der Waals surface area contributed by atoms with Gasteiger partial charge in [-0.2, -0.15) is 0 Å². The van der Waals surface area contributed by atoms with E-state index in [9.17, 15) is 9.59 Å². The van der Waals surface area contributed by atoms with Gasteiger partial charge >= 0.3 is 0 Å². The lowest BCUT2D eigenvalue weighted by Crippen LogP contribution is -2.32. The summed E-state index contributed by atoms with van der Waals surface area (Å²) < 4.78 is 0. The Labute approximate surface area is 87.9 Å². The molecule has 1 saturated heterocycles. The van der Waals surface area contributed by atoms with E-state index in [1.165, 1.54) is 0 Å². The SMILES string of the molecule is CC1CN(c2ccc(C=O)cc2)NC1=O. The average Bonchev–Trinajstić information content (AvgIpc) is 2.59. The van der Waals surface area contributed by atoms with Crippen LogP contribution in [0.25, 0.3) is 0 Å². The molecule has 0 aliphatic carbocycles. The van der Waals surface area contributed by atoms with Gasteiger partial charge in [-0.3, -0.25) is 20.0 Å². The molecule has 0 spiro atoms. The Morgan fingerprint density at radius 1 is 1.40 bits per heavy atom. The van der Waals surface area contributed by atoms with Crippen molar-refractivity contribution in [3.63, 3.8) is 0 Å². The third kappa shape index (κ3) is 1.83. The maximum absolute atomic E-state index is 11.3. The number of carbonyl (C=O) groups is 2. The Kier molecular flexibility index (Phi) is 2.41. The minimum absolute atomic E-state index is 0.00995. The van der Waals surface area contributed by atoms with Crippen LogP contribution in [0.2, 0.25) is 0 Å². The minimum Gasteiger partial charge on any atom is -0.298 e. The van der Waals surface area contributed by atoms with Gasteiger partial charge in [-0.1, -0.05) is 6.92 Å². The van der Waals surface area contributed by atoms with E-state index in [1.807, 2.05) is 19.1 Å². The molecule has 78 valence electrons. The van der Waals surface area contributed by atoms with Gasteiger partial charge in [0.25, 0.3) is 0 Å². The first-order chi connectivity index (χ1) is 7.20. The van der Waals surface area contributed by atoms with E-state index in [2.05, 4.69) is 5.43 Å². The molecule has 1 fully saturated rings. The van der Waals surface area contributed by atoms with Crippen LogP contribution in [0.5, 0.6) is 0 Å². The molecule has 1 N–H and O–H groups in total. The summed E-state index contributed by atoms with van der Waals surface area (Å²) in [6.07, 6.45) is 0.801. The molecule has 15 heavy (non-hydrogen) atoms. The van der Waals surface area contributed by atoms with Crippen molar-refractivity contribution in [3.05, 3.63) is 29.8 Å². The number of hydrogen-bond donors (Lipinski definition) is 1. The molecule has 0 aromatic heterocycles. The highest BCUT2D eigenvalue weighted by Crippen LogP contribution is 2.18. The van der Waals surface area contributed by atoms with Gasteiger partial charge < -0.3 is 0 Å². The second-order valence-corrected chi connectivity index (χ2v) is 3.70. The van der Waals surface area contributed by atoms with Gasteiger partial charge in [0.15, 0.2) is 0 Å². The lowest BCUT2D eigenvalue weighted by molar-refractivity contribution is -0.121. The Morgan fingerprint density at radius 2 is 2.07 bits per heavy atom. The number of nitrogens with zero attached hydrogens (tertiary/aromatic N) is 1. The van der Waals surface area contributed by atoms with Gasteiger partial charge in [-0.25, -0.2) is 0 Å². The number of benzene rings is 1. The quantitative estimate of drug-likeness (QED) is 0.731. The highest BCUT2D eigenvalue weighted by Gasteiger charge is 2.26.